The van der Waals surface area contributed by atoms with E-state index in [0.717, 1.165) is 64.3 Å². The zero-order valence-electron chi connectivity index (χ0n) is 20.2. The van der Waals surface area contributed by atoms with Crippen molar-refractivity contribution < 1.29 is 5.11 Å². The van der Waals surface area contributed by atoms with E-state index in [2.05, 4.69) is 33.4 Å². The van der Waals surface area contributed by atoms with Crippen LogP contribution in [0.1, 0.15) is 80.0 Å². The van der Waals surface area contributed by atoms with Gasteiger partial charge >= 0.3 is 0 Å². The normalized spacial score (nSPS) is 26.6. The second-order valence-electron chi connectivity index (χ2n) is 10.9. The lowest BCUT2D eigenvalue weighted by molar-refractivity contribution is 0.0171. The number of aromatic nitrogens is 2. The Kier molecular flexibility index (Phi) is 6.08. The summed E-state index contributed by atoms with van der Waals surface area (Å²) in [4.78, 5) is 15.1. The molecule has 3 fully saturated rings. The first-order chi connectivity index (χ1) is 16.6. The highest BCUT2D eigenvalue weighted by Gasteiger charge is 2.32. The molecular formula is C28H36N4OS. The fraction of sp³-hybridized carbons (Fsp3) is 0.571. The van der Waals surface area contributed by atoms with Crippen molar-refractivity contribution in [2.45, 2.75) is 75.9 Å². The molecule has 0 atom stereocenters. The Bertz CT molecular complexity index is 1140. The van der Waals surface area contributed by atoms with Crippen molar-refractivity contribution in [3.63, 3.8) is 0 Å². The topological polar surface area (TPSA) is 52.5 Å². The van der Waals surface area contributed by atoms with Gasteiger partial charge in [0.1, 0.15) is 0 Å². The van der Waals surface area contributed by atoms with Gasteiger partial charge in [-0.15, -0.1) is 11.3 Å². The molecule has 3 aromatic rings. The van der Waals surface area contributed by atoms with Crippen LogP contribution >= 0.6 is 11.3 Å². The van der Waals surface area contributed by atoms with Gasteiger partial charge in [0, 0.05) is 55.6 Å². The summed E-state index contributed by atoms with van der Waals surface area (Å²) in [6, 6.07) is 8.86. The van der Waals surface area contributed by atoms with Crippen LogP contribution in [0, 0.1) is 0 Å². The van der Waals surface area contributed by atoms with Crippen molar-refractivity contribution in [1.82, 2.24) is 14.9 Å². The SMILES string of the molecule is CC1(O)CCC(c2nc(CN3CCCN(c4c(C5CC5)ccc5cccnc45)CC3)cs2)CC1. The summed E-state index contributed by atoms with van der Waals surface area (Å²) in [6.45, 7) is 7.23. The number of hydrogen-bond donors (Lipinski definition) is 1. The van der Waals surface area contributed by atoms with E-state index in [1.54, 1.807) is 0 Å². The zero-order chi connectivity index (χ0) is 23.1. The molecule has 6 heteroatoms. The van der Waals surface area contributed by atoms with Crippen molar-refractivity contribution in [2.24, 2.45) is 0 Å². The molecule has 0 spiro atoms. The van der Waals surface area contributed by atoms with Gasteiger partial charge in [0.05, 0.1) is 27.5 Å². The second kappa shape index (κ2) is 9.21. The van der Waals surface area contributed by atoms with Crippen LogP contribution in [-0.4, -0.2) is 51.8 Å². The van der Waals surface area contributed by atoms with Crippen LogP contribution in [-0.2, 0) is 6.54 Å². The lowest BCUT2D eigenvalue weighted by Gasteiger charge is -2.32. The van der Waals surface area contributed by atoms with Crippen molar-refractivity contribution in [3.8, 4) is 0 Å². The predicted molar refractivity (Wildman–Crippen MR) is 140 cm³/mol. The van der Waals surface area contributed by atoms with Gasteiger partial charge in [-0.05, 0) is 69.4 Å². The van der Waals surface area contributed by atoms with Crippen molar-refractivity contribution in [1.29, 1.82) is 0 Å². The number of pyridine rings is 1. The van der Waals surface area contributed by atoms with Crippen LogP contribution in [0.5, 0.6) is 0 Å². The fourth-order valence-corrected chi connectivity index (χ4v) is 6.83. The first-order valence-corrected chi connectivity index (χ1v) is 14.0. The average Bonchev–Trinajstić information content (AvgIpc) is 3.62. The van der Waals surface area contributed by atoms with E-state index in [9.17, 15) is 5.11 Å². The van der Waals surface area contributed by atoms with Gasteiger partial charge in [-0.1, -0.05) is 18.2 Å². The summed E-state index contributed by atoms with van der Waals surface area (Å²) >= 11 is 1.82. The summed E-state index contributed by atoms with van der Waals surface area (Å²) in [6.07, 6.45) is 9.64. The van der Waals surface area contributed by atoms with Gasteiger partial charge in [-0.25, -0.2) is 4.98 Å². The third kappa shape index (κ3) is 4.73. The quantitative estimate of drug-likeness (QED) is 0.513. The Labute approximate surface area is 206 Å². The van der Waals surface area contributed by atoms with Crippen LogP contribution in [0.3, 0.4) is 0 Å². The molecule has 0 unspecified atom stereocenters. The molecule has 3 aliphatic rings. The van der Waals surface area contributed by atoms with Gasteiger partial charge < -0.3 is 10.0 Å². The summed E-state index contributed by atoms with van der Waals surface area (Å²) in [5.41, 5.74) is 4.82. The molecule has 0 radical (unpaired) electrons. The number of hydrogen-bond acceptors (Lipinski definition) is 6. The summed E-state index contributed by atoms with van der Waals surface area (Å²) in [5, 5.41) is 15.1. The largest absolute Gasteiger partial charge is 0.390 e. The molecule has 34 heavy (non-hydrogen) atoms. The Morgan fingerprint density at radius 3 is 2.71 bits per heavy atom. The Morgan fingerprint density at radius 2 is 1.88 bits per heavy atom. The van der Waals surface area contributed by atoms with E-state index >= 15 is 0 Å². The van der Waals surface area contributed by atoms with Crippen LogP contribution in [0.25, 0.3) is 10.9 Å². The van der Waals surface area contributed by atoms with Crippen molar-refractivity contribution >= 4 is 27.9 Å². The maximum Gasteiger partial charge on any atom is 0.0959 e. The van der Waals surface area contributed by atoms with Crippen molar-refractivity contribution in [3.05, 3.63) is 52.1 Å². The molecule has 2 aliphatic carbocycles. The highest BCUT2D eigenvalue weighted by atomic mass is 32.1. The molecule has 2 saturated carbocycles. The van der Waals surface area contributed by atoms with Crippen LogP contribution < -0.4 is 4.90 Å². The molecule has 5 nitrogen and oxygen atoms in total. The van der Waals surface area contributed by atoms with Crippen LogP contribution in [0.4, 0.5) is 5.69 Å². The molecule has 180 valence electrons. The van der Waals surface area contributed by atoms with Crippen LogP contribution in [0.2, 0.25) is 0 Å². The number of nitrogens with zero attached hydrogens (tertiary/aromatic N) is 4. The lowest BCUT2D eigenvalue weighted by atomic mass is 9.80. The smallest absolute Gasteiger partial charge is 0.0959 e. The molecule has 1 aliphatic heterocycles. The van der Waals surface area contributed by atoms with Crippen molar-refractivity contribution in [2.75, 3.05) is 31.1 Å². The van der Waals surface area contributed by atoms with Crippen LogP contribution in [0.15, 0.2) is 35.8 Å². The molecule has 0 bridgehead atoms. The summed E-state index contributed by atoms with van der Waals surface area (Å²) in [7, 11) is 0. The predicted octanol–water partition coefficient (Wildman–Crippen LogP) is 5.69. The Balaban J connectivity index is 1.14. The van der Waals surface area contributed by atoms with Gasteiger partial charge in [0.15, 0.2) is 0 Å². The van der Waals surface area contributed by atoms with E-state index in [1.165, 1.54) is 52.1 Å². The monoisotopic (exact) mass is 476 g/mol. The fourth-order valence-electron chi connectivity index (χ4n) is 5.85. The Morgan fingerprint density at radius 1 is 1.03 bits per heavy atom. The minimum absolute atomic E-state index is 0.479. The molecular weight excluding hydrogens is 440 g/mol. The second-order valence-corrected chi connectivity index (χ2v) is 11.8. The molecule has 3 heterocycles. The lowest BCUT2D eigenvalue weighted by Crippen LogP contribution is -2.31. The summed E-state index contributed by atoms with van der Waals surface area (Å²) in [5.74, 6) is 1.25. The van der Waals surface area contributed by atoms with E-state index in [1.807, 2.05) is 30.5 Å². The standard InChI is InChI=1S/C28H36N4OS/c1-28(33)11-9-22(10-12-28)27-30-23(19-34-27)18-31-14-3-15-32(17-16-31)26-24(20-5-6-20)8-7-21-4-2-13-29-25(21)26/h2,4,7-8,13,19-20,22,33H,3,5-6,9-12,14-18H2,1H3. The first-order valence-electron chi connectivity index (χ1n) is 13.1. The van der Waals surface area contributed by atoms with Gasteiger partial charge in [0.2, 0.25) is 0 Å². The number of benzene rings is 1. The molecule has 1 aromatic carbocycles. The number of aliphatic hydroxyl groups is 1. The molecule has 6 rings (SSSR count). The van der Waals surface area contributed by atoms with Gasteiger partial charge in [-0.2, -0.15) is 0 Å². The molecule has 1 N–H and O–H groups in total. The van der Waals surface area contributed by atoms with E-state index < -0.39 is 5.60 Å². The number of anilines is 1. The van der Waals surface area contributed by atoms with E-state index in [-0.39, 0.29) is 0 Å². The average molecular weight is 477 g/mol. The maximum atomic E-state index is 10.3. The van der Waals surface area contributed by atoms with E-state index in [0.29, 0.717) is 5.92 Å². The highest BCUT2D eigenvalue weighted by molar-refractivity contribution is 7.09. The zero-order valence-corrected chi connectivity index (χ0v) is 21.1. The third-order valence-corrected chi connectivity index (χ3v) is 9.12. The minimum Gasteiger partial charge on any atom is -0.390 e. The number of thiazole rings is 1. The third-order valence-electron chi connectivity index (χ3n) is 8.07. The first kappa shape index (κ1) is 22.4. The van der Waals surface area contributed by atoms with E-state index in [4.69, 9.17) is 9.97 Å². The number of fused-ring (bicyclic) bond motifs is 1. The maximum absolute atomic E-state index is 10.3. The Hall–Kier alpha value is -2.02. The molecule has 1 saturated heterocycles. The minimum atomic E-state index is -0.479. The number of rotatable bonds is 5. The summed E-state index contributed by atoms with van der Waals surface area (Å²) < 4.78 is 0. The highest BCUT2D eigenvalue weighted by Crippen LogP contribution is 2.46. The van der Waals surface area contributed by atoms with Gasteiger partial charge in [0.25, 0.3) is 0 Å². The van der Waals surface area contributed by atoms with Gasteiger partial charge in [-0.3, -0.25) is 9.88 Å². The molecule has 2 aromatic heterocycles. The molecule has 0 amide bonds.